The second-order valence-electron chi connectivity index (χ2n) is 6.26. The van der Waals surface area contributed by atoms with E-state index in [1.54, 1.807) is 7.11 Å². The summed E-state index contributed by atoms with van der Waals surface area (Å²) in [4.78, 5) is 2.45. The summed E-state index contributed by atoms with van der Waals surface area (Å²) >= 11 is 0. The maximum atomic E-state index is 5.31. The highest BCUT2D eigenvalue weighted by atomic mass is 16.5. The van der Waals surface area contributed by atoms with Gasteiger partial charge in [-0.1, -0.05) is 31.9 Å². The molecule has 3 nitrogen and oxygen atoms in total. The molecule has 1 aliphatic carbocycles. The van der Waals surface area contributed by atoms with Crippen molar-refractivity contribution >= 4 is 0 Å². The summed E-state index contributed by atoms with van der Waals surface area (Å²) in [5, 5.41) is 3.68. The van der Waals surface area contributed by atoms with Crippen molar-refractivity contribution in [3.8, 4) is 5.75 Å². The Morgan fingerprint density at radius 3 is 2.86 bits per heavy atom. The average Bonchev–Trinajstić information content (AvgIpc) is 2.49. The zero-order valence-electron chi connectivity index (χ0n) is 13.8. The van der Waals surface area contributed by atoms with Gasteiger partial charge in [0.1, 0.15) is 5.75 Å². The second-order valence-corrected chi connectivity index (χ2v) is 6.26. The molecule has 0 saturated heterocycles. The number of ether oxygens (including phenoxy) is 1. The van der Waals surface area contributed by atoms with Crippen molar-refractivity contribution in [2.45, 2.75) is 45.2 Å². The van der Waals surface area contributed by atoms with Crippen molar-refractivity contribution in [2.24, 2.45) is 5.92 Å². The Bertz CT molecular complexity index is 419. The van der Waals surface area contributed by atoms with Crippen molar-refractivity contribution in [3.05, 3.63) is 29.8 Å². The van der Waals surface area contributed by atoms with Crippen LogP contribution in [0.1, 0.15) is 38.2 Å². The lowest BCUT2D eigenvalue weighted by atomic mass is 9.84. The monoisotopic (exact) mass is 290 g/mol. The van der Waals surface area contributed by atoms with Crippen LogP contribution in [0.25, 0.3) is 0 Å². The van der Waals surface area contributed by atoms with E-state index in [0.29, 0.717) is 6.04 Å². The van der Waals surface area contributed by atoms with Crippen molar-refractivity contribution < 1.29 is 4.74 Å². The van der Waals surface area contributed by atoms with Gasteiger partial charge in [0.05, 0.1) is 7.11 Å². The number of hydrogen-bond acceptors (Lipinski definition) is 3. The molecule has 1 aliphatic rings. The van der Waals surface area contributed by atoms with Gasteiger partial charge in [-0.2, -0.15) is 0 Å². The molecule has 0 aromatic heterocycles. The maximum Gasteiger partial charge on any atom is 0.119 e. The third-order valence-corrected chi connectivity index (χ3v) is 4.51. The molecule has 118 valence electrons. The first-order chi connectivity index (χ1) is 10.2. The second kappa shape index (κ2) is 8.40. The van der Waals surface area contributed by atoms with E-state index >= 15 is 0 Å². The molecule has 1 fully saturated rings. The van der Waals surface area contributed by atoms with Gasteiger partial charge in [-0.25, -0.2) is 0 Å². The van der Waals surface area contributed by atoms with Gasteiger partial charge in [0.25, 0.3) is 0 Å². The summed E-state index contributed by atoms with van der Waals surface area (Å²) in [6.07, 6.45) is 5.47. The molecule has 1 N–H and O–H groups in total. The van der Waals surface area contributed by atoms with Crippen LogP contribution in [0.3, 0.4) is 0 Å². The van der Waals surface area contributed by atoms with E-state index in [4.69, 9.17) is 4.74 Å². The van der Waals surface area contributed by atoms with Crippen molar-refractivity contribution in [1.29, 1.82) is 0 Å². The summed E-state index contributed by atoms with van der Waals surface area (Å²) < 4.78 is 5.31. The van der Waals surface area contributed by atoms with Gasteiger partial charge in [0, 0.05) is 19.1 Å². The molecule has 0 spiro atoms. The van der Waals surface area contributed by atoms with Gasteiger partial charge in [-0.05, 0) is 50.0 Å². The van der Waals surface area contributed by atoms with Crippen molar-refractivity contribution in [1.82, 2.24) is 10.2 Å². The van der Waals surface area contributed by atoms with E-state index in [-0.39, 0.29) is 0 Å². The lowest BCUT2D eigenvalue weighted by Gasteiger charge is -2.35. The van der Waals surface area contributed by atoms with E-state index in [2.05, 4.69) is 42.4 Å². The summed E-state index contributed by atoms with van der Waals surface area (Å²) in [6.45, 7) is 5.47. The Balaban J connectivity index is 1.88. The number of nitrogens with zero attached hydrogens (tertiary/aromatic N) is 1. The lowest BCUT2D eigenvalue weighted by Crippen LogP contribution is -2.43. The van der Waals surface area contributed by atoms with Gasteiger partial charge < -0.3 is 15.0 Å². The topological polar surface area (TPSA) is 24.5 Å². The van der Waals surface area contributed by atoms with E-state index in [0.717, 1.165) is 24.8 Å². The van der Waals surface area contributed by atoms with Crippen molar-refractivity contribution in [2.75, 3.05) is 27.2 Å². The molecule has 2 rings (SSSR count). The van der Waals surface area contributed by atoms with Crippen LogP contribution in [0.5, 0.6) is 5.75 Å². The van der Waals surface area contributed by atoms with Crippen molar-refractivity contribution in [3.63, 3.8) is 0 Å². The lowest BCUT2D eigenvalue weighted by molar-refractivity contribution is 0.186. The zero-order chi connectivity index (χ0) is 15.1. The Kier molecular flexibility index (Phi) is 6.52. The van der Waals surface area contributed by atoms with Gasteiger partial charge in [-0.15, -0.1) is 0 Å². The van der Waals surface area contributed by atoms with E-state index in [1.165, 1.54) is 37.8 Å². The first-order valence-corrected chi connectivity index (χ1v) is 8.27. The molecule has 1 aromatic rings. The maximum absolute atomic E-state index is 5.31. The standard InChI is InChI=1S/C18H30N2O/c1-4-19-18-11-6-5-9-16(18)14-20(2)13-15-8-7-10-17(12-15)21-3/h7-8,10,12,16,18-19H,4-6,9,11,13-14H2,1-3H3. The SMILES string of the molecule is CCNC1CCCCC1CN(C)Cc1cccc(OC)c1. The van der Waals surface area contributed by atoms with Gasteiger partial charge in [-0.3, -0.25) is 0 Å². The molecule has 0 bridgehead atoms. The number of benzene rings is 1. The fraction of sp³-hybridized carbons (Fsp3) is 0.667. The minimum absolute atomic E-state index is 0.705. The summed E-state index contributed by atoms with van der Waals surface area (Å²) in [6, 6.07) is 9.10. The molecular formula is C18H30N2O. The molecular weight excluding hydrogens is 260 g/mol. The molecule has 0 heterocycles. The molecule has 21 heavy (non-hydrogen) atoms. The Morgan fingerprint density at radius 1 is 1.29 bits per heavy atom. The van der Waals surface area contributed by atoms with Gasteiger partial charge in [0.15, 0.2) is 0 Å². The van der Waals surface area contributed by atoms with E-state index in [9.17, 15) is 0 Å². The fourth-order valence-corrected chi connectivity index (χ4v) is 3.50. The summed E-state index contributed by atoms with van der Waals surface area (Å²) in [5.41, 5.74) is 1.33. The first-order valence-electron chi connectivity index (χ1n) is 8.27. The van der Waals surface area contributed by atoms with Crippen LogP contribution in [-0.2, 0) is 6.54 Å². The van der Waals surface area contributed by atoms with Crippen LogP contribution in [0.4, 0.5) is 0 Å². The number of rotatable bonds is 7. The minimum atomic E-state index is 0.705. The summed E-state index contributed by atoms with van der Waals surface area (Å²) in [5.74, 6) is 1.73. The number of methoxy groups -OCH3 is 1. The highest BCUT2D eigenvalue weighted by Crippen LogP contribution is 2.25. The summed E-state index contributed by atoms with van der Waals surface area (Å²) in [7, 11) is 3.96. The smallest absolute Gasteiger partial charge is 0.119 e. The third kappa shape index (κ3) is 5.01. The fourth-order valence-electron chi connectivity index (χ4n) is 3.50. The predicted molar refractivity (Wildman–Crippen MR) is 88.8 cm³/mol. The molecule has 2 atom stereocenters. The van der Waals surface area contributed by atoms with Crippen LogP contribution in [0, 0.1) is 5.92 Å². The van der Waals surface area contributed by atoms with Crippen LogP contribution >= 0.6 is 0 Å². The van der Waals surface area contributed by atoms with E-state index < -0.39 is 0 Å². The largest absolute Gasteiger partial charge is 0.497 e. The van der Waals surface area contributed by atoms with Crippen LogP contribution < -0.4 is 10.1 Å². The average molecular weight is 290 g/mol. The zero-order valence-corrected chi connectivity index (χ0v) is 13.8. The van der Waals surface area contributed by atoms with Crippen LogP contribution in [0.2, 0.25) is 0 Å². The molecule has 3 heteroatoms. The Morgan fingerprint density at radius 2 is 2.10 bits per heavy atom. The quantitative estimate of drug-likeness (QED) is 0.834. The first kappa shape index (κ1) is 16.3. The number of hydrogen-bond donors (Lipinski definition) is 1. The molecule has 0 radical (unpaired) electrons. The normalized spacial score (nSPS) is 22.5. The number of nitrogens with one attached hydrogen (secondary N) is 1. The molecule has 0 aliphatic heterocycles. The van der Waals surface area contributed by atoms with Gasteiger partial charge in [0.2, 0.25) is 0 Å². The van der Waals surface area contributed by atoms with Crippen LogP contribution in [0.15, 0.2) is 24.3 Å². The van der Waals surface area contributed by atoms with Crippen LogP contribution in [-0.4, -0.2) is 38.2 Å². The molecule has 1 saturated carbocycles. The van der Waals surface area contributed by atoms with Gasteiger partial charge >= 0.3 is 0 Å². The molecule has 1 aromatic carbocycles. The van der Waals surface area contributed by atoms with E-state index in [1.807, 2.05) is 6.07 Å². The third-order valence-electron chi connectivity index (χ3n) is 4.51. The Hall–Kier alpha value is -1.06. The minimum Gasteiger partial charge on any atom is -0.497 e. The highest BCUT2D eigenvalue weighted by molar-refractivity contribution is 5.28. The highest BCUT2D eigenvalue weighted by Gasteiger charge is 2.25. The Labute approximate surface area is 129 Å². The molecule has 2 unspecified atom stereocenters. The molecule has 0 amide bonds. The predicted octanol–water partition coefficient (Wildman–Crippen LogP) is 3.30.